The Bertz CT molecular complexity index is 184. The lowest BCUT2D eigenvalue weighted by Crippen LogP contribution is -2.43. The quantitative estimate of drug-likeness (QED) is 0.351. The van der Waals surface area contributed by atoms with E-state index in [1.54, 1.807) is 0 Å². The number of nitrogens with one attached hydrogen (secondary N) is 1. The zero-order valence-electron chi connectivity index (χ0n) is 7.32. The maximum atomic E-state index is 11.0. The number of aliphatic hydroxyl groups excluding tert-OH is 1. The van der Waals surface area contributed by atoms with Crippen molar-refractivity contribution in [1.29, 1.82) is 0 Å². The third kappa shape index (κ3) is 6.06. The van der Waals surface area contributed by atoms with Gasteiger partial charge in [0.25, 0.3) is 0 Å². The van der Waals surface area contributed by atoms with Gasteiger partial charge in [0.1, 0.15) is 0 Å². The van der Waals surface area contributed by atoms with Crippen molar-refractivity contribution in [3.8, 4) is 0 Å². The highest BCUT2D eigenvalue weighted by Gasteiger charge is 2.14. The van der Waals surface area contributed by atoms with Crippen molar-refractivity contribution in [2.75, 3.05) is 13.2 Å². The largest absolute Gasteiger partial charge is 0.396 e. The predicted molar refractivity (Wildman–Crippen MR) is 46.5 cm³/mol. The van der Waals surface area contributed by atoms with Crippen LogP contribution >= 0.6 is 0 Å². The summed E-state index contributed by atoms with van der Waals surface area (Å²) in [6.45, 7) is 0.354. The van der Waals surface area contributed by atoms with E-state index in [-0.39, 0.29) is 13.0 Å². The van der Waals surface area contributed by atoms with Gasteiger partial charge in [-0.3, -0.25) is 9.59 Å². The highest BCUT2D eigenvalue weighted by atomic mass is 16.3. The lowest BCUT2D eigenvalue weighted by Gasteiger charge is -2.09. The molecule has 0 unspecified atom stereocenters. The van der Waals surface area contributed by atoms with E-state index in [2.05, 4.69) is 5.32 Å². The highest BCUT2D eigenvalue weighted by molar-refractivity contribution is 5.87. The fourth-order valence-corrected chi connectivity index (χ4v) is 0.731. The van der Waals surface area contributed by atoms with Crippen LogP contribution in [0, 0.1) is 0 Å². The molecule has 0 saturated carbocycles. The molecule has 0 radical (unpaired) electrons. The molecule has 0 rings (SSSR count). The van der Waals surface area contributed by atoms with Crippen LogP contribution in [0.15, 0.2) is 0 Å². The third-order valence-corrected chi connectivity index (χ3v) is 1.39. The second-order valence-electron chi connectivity index (χ2n) is 2.65. The SMILES string of the molecule is NC(=O)C[C@H](N)C(=O)NCCCO. The Morgan fingerprint density at radius 3 is 2.54 bits per heavy atom. The van der Waals surface area contributed by atoms with Gasteiger partial charge in [-0.15, -0.1) is 0 Å². The minimum atomic E-state index is -0.892. The van der Waals surface area contributed by atoms with E-state index >= 15 is 0 Å². The Balaban J connectivity index is 3.63. The van der Waals surface area contributed by atoms with Gasteiger partial charge in [-0.05, 0) is 6.42 Å². The Kier molecular flexibility index (Phi) is 5.82. The van der Waals surface area contributed by atoms with Crippen LogP contribution in [0.4, 0.5) is 0 Å². The second-order valence-corrected chi connectivity index (χ2v) is 2.65. The summed E-state index contributed by atoms with van der Waals surface area (Å²) < 4.78 is 0. The summed E-state index contributed by atoms with van der Waals surface area (Å²) in [7, 11) is 0. The summed E-state index contributed by atoms with van der Waals surface area (Å²) in [5.41, 5.74) is 10.2. The average molecular weight is 189 g/mol. The second kappa shape index (κ2) is 6.38. The third-order valence-electron chi connectivity index (χ3n) is 1.39. The van der Waals surface area contributed by atoms with Crippen molar-refractivity contribution in [2.24, 2.45) is 11.5 Å². The number of aliphatic hydroxyl groups is 1. The van der Waals surface area contributed by atoms with Gasteiger partial charge in [-0.25, -0.2) is 0 Å². The maximum Gasteiger partial charge on any atom is 0.237 e. The van der Waals surface area contributed by atoms with Crippen molar-refractivity contribution in [2.45, 2.75) is 18.9 Å². The number of nitrogens with two attached hydrogens (primary N) is 2. The summed E-state index contributed by atoms with van der Waals surface area (Å²) in [6, 6.07) is -0.892. The lowest BCUT2D eigenvalue weighted by atomic mass is 10.2. The van der Waals surface area contributed by atoms with Crippen molar-refractivity contribution in [1.82, 2.24) is 5.32 Å². The molecule has 2 amide bonds. The minimum Gasteiger partial charge on any atom is -0.396 e. The van der Waals surface area contributed by atoms with E-state index in [1.807, 2.05) is 0 Å². The van der Waals surface area contributed by atoms with E-state index in [0.29, 0.717) is 13.0 Å². The molecule has 76 valence electrons. The van der Waals surface area contributed by atoms with Crippen LogP contribution < -0.4 is 16.8 Å². The van der Waals surface area contributed by atoms with Gasteiger partial charge >= 0.3 is 0 Å². The van der Waals surface area contributed by atoms with Gasteiger partial charge in [0, 0.05) is 13.2 Å². The molecule has 6 nitrogen and oxygen atoms in total. The fourth-order valence-electron chi connectivity index (χ4n) is 0.731. The normalized spacial score (nSPS) is 12.2. The van der Waals surface area contributed by atoms with Gasteiger partial charge < -0.3 is 21.9 Å². The maximum absolute atomic E-state index is 11.0. The summed E-state index contributed by atoms with van der Waals surface area (Å²) >= 11 is 0. The molecule has 0 spiro atoms. The highest BCUT2D eigenvalue weighted by Crippen LogP contribution is 1.86. The van der Waals surface area contributed by atoms with Crippen molar-refractivity contribution < 1.29 is 14.7 Å². The molecule has 0 aromatic rings. The first-order valence-corrected chi connectivity index (χ1v) is 4.00. The summed E-state index contributed by atoms with van der Waals surface area (Å²) in [5, 5.41) is 10.9. The smallest absolute Gasteiger partial charge is 0.237 e. The van der Waals surface area contributed by atoms with Crippen LogP contribution in [0.5, 0.6) is 0 Å². The van der Waals surface area contributed by atoms with Crippen LogP contribution in [0.1, 0.15) is 12.8 Å². The Morgan fingerprint density at radius 1 is 1.46 bits per heavy atom. The van der Waals surface area contributed by atoms with E-state index in [4.69, 9.17) is 16.6 Å². The molecular formula is C7H15N3O3. The summed E-state index contributed by atoms with van der Waals surface area (Å²) in [6.07, 6.45) is 0.306. The number of rotatable bonds is 6. The lowest BCUT2D eigenvalue weighted by molar-refractivity contribution is -0.126. The van der Waals surface area contributed by atoms with Crippen LogP contribution in [-0.4, -0.2) is 36.1 Å². The molecule has 0 aliphatic carbocycles. The van der Waals surface area contributed by atoms with Crippen LogP contribution in [0.2, 0.25) is 0 Å². The Morgan fingerprint density at radius 2 is 2.08 bits per heavy atom. The van der Waals surface area contributed by atoms with E-state index in [9.17, 15) is 9.59 Å². The average Bonchev–Trinajstić information content (AvgIpc) is 2.03. The van der Waals surface area contributed by atoms with Gasteiger partial charge in [0.05, 0.1) is 12.5 Å². The zero-order valence-corrected chi connectivity index (χ0v) is 7.32. The Labute approximate surface area is 76.3 Å². The van der Waals surface area contributed by atoms with Gasteiger partial charge in [-0.2, -0.15) is 0 Å². The molecule has 6 N–H and O–H groups in total. The summed E-state index contributed by atoms with van der Waals surface area (Å²) in [5.74, 6) is -1.03. The number of primary amides is 1. The zero-order chi connectivity index (χ0) is 10.3. The topological polar surface area (TPSA) is 118 Å². The molecule has 0 aromatic carbocycles. The molecule has 1 atom stereocenters. The molecule has 0 aliphatic heterocycles. The number of amides is 2. The van der Waals surface area contributed by atoms with Gasteiger partial charge in [-0.1, -0.05) is 0 Å². The van der Waals surface area contributed by atoms with E-state index < -0.39 is 17.9 Å². The first-order chi connectivity index (χ1) is 6.07. The molecule has 6 heteroatoms. The van der Waals surface area contributed by atoms with Crippen LogP contribution in [-0.2, 0) is 9.59 Å². The molecule has 0 aliphatic rings. The minimum absolute atomic E-state index is 0.00530. The monoisotopic (exact) mass is 189 g/mol. The number of hydrogen-bond acceptors (Lipinski definition) is 4. The predicted octanol–water partition coefficient (Wildman–Crippen LogP) is -2.31. The molecule has 0 fully saturated rings. The van der Waals surface area contributed by atoms with Gasteiger partial charge in [0.15, 0.2) is 0 Å². The molecular weight excluding hydrogens is 174 g/mol. The first-order valence-electron chi connectivity index (χ1n) is 4.00. The van der Waals surface area contributed by atoms with Gasteiger partial charge in [0.2, 0.25) is 11.8 Å². The van der Waals surface area contributed by atoms with Crippen LogP contribution in [0.3, 0.4) is 0 Å². The van der Waals surface area contributed by atoms with E-state index in [1.165, 1.54) is 0 Å². The van der Waals surface area contributed by atoms with Crippen molar-refractivity contribution in [3.63, 3.8) is 0 Å². The Hall–Kier alpha value is -1.14. The molecule has 0 heterocycles. The van der Waals surface area contributed by atoms with Crippen molar-refractivity contribution in [3.05, 3.63) is 0 Å². The van der Waals surface area contributed by atoms with E-state index in [0.717, 1.165) is 0 Å². The summed E-state index contributed by atoms with van der Waals surface area (Å²) in [4.78, 5) is 21.4. The molecule has 13 heavy (non-hydrogen) atoms. The molecule has 0 bridgehead atoms. The van der Waals surface area contributed by atoms with Crippen molar-refractivity contribution >= 4 is 11.8 Å². The molecule has 0 aromatic heterocycles. The van der Waals surface area contributed by atoms with Crippen LogP contribution in [0.25, 0.3) is 0 Å². The molecule has 0 saturated heterocycles. The standard InChI is InChI=1S/C7H15N3O3/c8-5(4-6(9)12)7(13)10-2-1-3-11/h5,11H,1-4,8H2,(H2,9,12)(H,10,13)/t5-/m0/s1. The first kappa shape index (κ1) is 11.9. The number of carbonyl (C=O) groups excluding carboxylic acids is 2. The fraction of sp³-hybridized carbons (Fsp3) is 0.714. The number of carbonyl (C=O) groups is 2. The number of hydrogen-bond donors (Lipinski definition) is 4.